The number of ether oxygens (including phenoxy) is 1. The van der Waals surface area contributed by atoms with Crippen LogP contribution in [-0.2, 0) is 0 Å². The lowest BCUT2D eigenvalue weighted by Gasteiger charge is -2.07. The van der Waals surface area contributed by atoms with Gasteiger partial charge in [-0.1, -0.05) is 22.5 Å². The average molecular weight is 304 g/mol. The molecule has 0 N–H and O–H groups in total. The number of halogens is 1. The molecule has 86 valence electrons. The molecule has 0 aliphatic carbocycles. The third-order valence-corrected chi connectivity index (χ3v) is 2.71. The lowest BCUT2D eigenvalue weighted by atomic mass is 10.3. The number of benzene rings is 1. The molecule has 0 unspecified atom stereocenters. The SMILES string of the molecule is C=C(CS)COc1ccc(Br)cc1[N+](=O)[O-]. The zero-order chi connectivity index (χ0) is 12.1. The number of hydrogen-bond donors (Lipinski definition) is 1. The zero-order valence-electron chi connectivity index (χ0n) is 8.35. The Kier molecular flexibility index (Phi) is 4.82. The van der Waals surface area contributed by atoms with E-state index in [0.29, 0.717) is 10.2 Å². The van der Waals surface area contributed by atoms with Gasteiger partial charge in [0.05, 0.1) is 4.92 Å². The third kappa shape index (κ3) is 3.53. The Morgan fingerprint density at radius 1 is 1.62 bits per heavy atom. The van der Waals surface area contributed by atoms with E-state index in [1.54, 1.807) is 12.1 Å². The van der Waals surface area contributed by atoms with Gasteiger partial charge < -0.3 is 4.74 Å². The highest BCUT2D eigenvalue weighted by molar-refractivity contribution is 9.10. The number of thiol groups is 1. The van der Waals surface area contributed by atoms with E-state index in [1.807, 2.05) is 0 Å². The van der Waals surface area contributed by atoms with Crippen molar-refractivity contribution >= 4 is 34.2 Å². The lowest BCUT2D eigenvalue weighted by Crippen LogP contribution is -2.03. The molecule has 0 aromatic heterocycles. The molecule has 1 rings (SSSR count). The molecular formula is C10H10BrNO3S. The summed E-state index contributed by atoms with van der Waals surface area (Å²) in [5.74, 6) is 0.723. The van der Waals surface area contributed by atoms with Crippen LogP contribution < -0.4 is 4.74 Å². The van der Waals surface area contributed by atoms with Gasteiger partial charge in [-0.05, 0) is 17.7 Å². The first-order valence-corrected chi connectivity index (χ1v) is 5.81. The Hall–Kier alpha value is -1.01. The molecule has 1 aromatic carbocycles. The second-order valence-electron chi connectivity index (χ2n) is 3.07. The normalized spacial score (nSPS) is 9.88. The number of nitro groups is 1. The summed E-state index contributed by atoms with van der Waals surface area (Å²) in [5.41, 5.74) is 0.696. The van der Waals surface area contributed by atoms with Crippen LogP contribution in [0.1, 0.15) is 0 Å². The Morgan fingerprint density at radius 3 is 2.88 bits per heavy atom. The van der Waals surface area contributed by atoms with Crippen molar-refractivity contribution in [2.75, 3.05) is 12.4 Å². The van der Waals surface area contributed by atoms with Crippen molar-refractivity contribution in [3.05, 3.63) is 44.9 Å². The van der Waals surface area contributed by atoms with Crippen LogP contribution in [0.5, 0.6) is 5.75 Å². The molecule has 0 saturated heterocycles. The summed E-state index contributed by atoms with van der Waals surface area (Å²) in [4.78, 5) is 10.3. The molecule has 0 aliphatic heterocycles. The van der Waals surface area contributed by atoms with Crippen molar-refractivity contribution in [2.45, 2.75) is 0 Å². The highest BCUT2D eigenvalue weighted by Gasteiger charge is 2.15. The van der Waals surface area contributed by atoms with E-state index in [4.69, 9.17) is 4.74 Å². The lowest BCUT2D eigenvalue weighted by molar-refractivity contribution is -0.385. The van der Waals surface area contributed by atoms with Crippen LogP contribution in [0.4, 0.5) is 5.69 Å². The first kappa shape index (κ1) is 13.1. The maximum atomic E-state index is 10.8. The van der Waals surface area contributed by atoms with Gasteiger partial charge >= 0.3 is 5.69 Å². The minimum atomic E-state index is -0.483. The fraction of sp³-hybridized carbons (Fsp3) is 0.200. The molecule has 0 fully saturated rings. The maximum absolute atomic E-state index is 10.8. The van der Waals surface area contributed by atoms with E-state index in [2.05, 4.69) is 35.1 Å². The van der Waals surface area contributed by atoms with Crippen molar-refractivity contribution in [2.24, 2.45) is 0 Å². The van der Waals surface area contributed by atoms with Gasteiger partial charge in [0.25, 0.3) is 0 Å². The van der Waals surface area contributed by atoms with Crippen molar-refractivity contribution in [3.63, 3.8) is 0 Å². The highest BCUT2D eigenvalue weighted by Crippen LogP contribution is 2.30. The van der Waals surface area contributed by atoms with E-state index >= 15 is 0 Å². The monoisotopic (exact) mass is 303 g/mol. The van der Waals surface area contributed by atoms with Crippen LogP contribution in [-0.4, -0.2) is 17.3 Å². The highest BCUT2D eigenvalue weighted by atomic mass is 79.9. The quantitative estimate of drug-likeness (QED) is 0.393. The Balaban J connectivity index is 2.87. The van der Waals surface area contributed by atoms with Crippen molar-refractivity contribution < 1.29 is 9.66 Å². The summed E-state index contributed by atoms with van der Waals surface area (Å²) in [6, 6.07) is 4.64. The molecule has 1 aromatic rings. The maximum Gasteiger partial charge on any atom is 0.312 e. The van der Waals surface area contributed by atoms with Gasteiger partial charge in [0.2, 0.25) is 0 Å². The molecule has 0 amide bonds. The fourth-order valence-electron chi connectivity index (χ4n) is 0.981. The van der Waals surface area contributed by atoms with Gasteiger partial charge in [-0.15, -0.1) is 0 Å². The van der Waals surface area contributed by atoms with Crippen LogP contribution in [0.3, 0.4) is 0 Å². The summed E-state index contributed by atoms with van der Waals surface area (Å²) < 4.78 is 5.93. The summed E-state index contributed by atoms with van der Waals surface area (Å²) >= 11 is 7.19. The van der Waals surface area contributed by atoms with Gasteiger partial charge in [-0.3, -0.25) is 10.1 Å². The Morgan fingerprint density at radius 2 is 2.31 bits per heavy atom. The van der Waals surface area contributed by atoms with E-state index < -0.39 is 4.92 Å². The number of hydrogen-bond acceptors (Lipinski definition) is 4. The van der Waals surface area contributed by atoms with Gasteiger partial charge in [-0.25, -0.2) is 0 Å². The van der Waals surface area contributed by atoms with Gasteiger partial charge in [0.15, 0.2) is 5.75 Å². The standard InChI is InChI=1S/C10H10BrNO3S/c1-7(6-16)5-15-10-3-2-8(11)4-9(10)12(13)14/h2-4,16H,1,5-6H2. The van der Waals surface area contributed by atoms with E-state index in [1.165, 1.54) is 6.07 Å². The molecule has 0 spiro atoms. The average Bonchev–Trinajstić information content (AvgIpc) is 2.26. The van der Waals surface area contributed by atoms with Crippen LogP contribution in [0.2, 0.25) is 0 Å². The zero-order valence-corrected chi connectivity index (χ0v) is 10.8. The molecule has 0 radical (unpaired) electrons. The second-order valence-corrected chi connectivity index (χ2v) is 4.30. The van der Waals surface area contributed by atoms with Crippen LogP contribution in [0, 0.1) is 10.1 Å². The third-order valence-electron chi connectivity index (χ3n) is 1.77. The van der Waals surface area contributed by atoms with Gasteiger partial charge in [0, 0.05) is 16.3 Å². The number of nitrogens with zero attached hydrogens (tertiary/aromatic N) is 1. The number of nitro benzene ring substituents is 1. The topological polar surface area (TPSA) is 52.4 Å². The molecular weight excluding hydrogens is 294 g/mol. The second kappa shape index (κ2) is 5.91. The summed E-state index contributed by atoms with van der Waals surface area (Å²) in [7, 11) is 0. The molecule has 0 saturated carbocycles. The van der Waals surface area contributed by atoms with E-state index in [9.17, 15) is 10.1 Å². The summed E-state index contributed by atoms with van der Waals surface area (Å²) in [6.45, 7) is 3.93. The molecule has 6 heteroatoms. The fourth-order valence-corrected chi connectivity index (χ4v) is 1.42. The van der Waals surface area contributed by atoms with E-state index in [0.717, 1.165) is 5.57 Å². The van der Waals surface area contributed by atoms with E-state index in [-0.39, 0.29) is 18.0 Å². The van der Waals surface area contributed by atoms with Gasteiger partial charge in [0.1, 0.15) is 6.61 Å². The Bertz CT molecular complexity index is 423. The molecule has 0 heterocycles. The van der Waals surface area contributed by atoms with Crippen molar-refractivity contribution in [1.29, 1.82) is 0 Å². The minimum Gasteiger partial charge on any atom is -0.482 e. The van der Waals surface area contributed by atoms with Crippen molar-refractivity contribution in [3.8, 4) is 5.75 Å². The van der Waals surface area contributed by atoms with Crippen LogP contribution in [0.15, 0.2) is 34.8 Å². The molecule has 0 atom stereocenters. The predicted octanol–water partition coefficient (Wildman–Crippen LogP) is 3.22. The predicted molar refractivity (Wildman–Crippen MR) is 69.3 cm³/mol. The summed E-state index contributed by atoms with van der Waals surface area (Å²) in [5, 5.41) is 10.8. The molecule has 0 bridgehead atoms. The van der Waals surface area contributed by atoms with Gasteiger partial charge in [-0.2, -0.15) is 12.6 Å². The molecule has 16 heavy (non-hydrogen) atoms. The number of rotatable bonds is 5. The minimum absolute atomic E-state index is 0.0682. The summed E-state index contributed by atoms with van der Waals surface area (Å²) in [6.07, 6.45) is 0. The largest absolute Gasteiger partial charge is 0.482 e. The molecule has 4 nitrogen and oxygen atoms in total. The Labute approximate surface area is 107 Å². The smallest absolute Gasteiger partial charge is 0.312 e. The first-order chi connectivity index (χ1) is 7.54. The van der Waals surface area contributed by atoms with Crippen molar-refractivity contribution in [1.82, 2.24) is 0 Å². The van der Waals surface area contributed by atoms with Crippen LogP contribution in [0.25, 0.3) is 0 Å². The van der Waals surface area contributed by atoms with Crippen LogP contribution >= 0.6 is 28.6 Å². The molecule has 0 aliphatic rings. The first-order valence-electron chi connectivity index (χ1n) is 4.39.